The molecule has 0 bridgehead atoms. The molecule has 6 nitrogen and oxygen atoms in total. The number of nitrogens with two attached hydrogens (primary N) is 1. The minimum Gasteiger partial charge on any atom is -0.409 e. The van der Waals surface area contributed by atoms with Gasteiger partial charge in [0.25, 0.3) is 0 Å². The van der Waals surface area contributed by atoms with E-state index in [4.69, 9.17) is 10.9 Å². The van der Waals surface area contributed by atoms with Crippen molar-refractivity contribution in [1.82, 2.24) is 9.88 Å². The summed E-state index contributed by atoms with van der Waals surface area (Å²) in [7, 11) is 0. The summed E-state index contributed by atoms with van der Waals surface area (Å²) < 4.78 is 0. The van der Waals surface area contributed by atoms with Crippen LogP contribution in [-0.2, 0) is 0 Å². The number of piperazine rings is 1. The standard InChI is InChI=1S/C13H19N5O/c14-13(16-19)12-9-11(3-4-15-12)18-7-5-17(6-8-18)10-1-2-10/h3-4,9-10,19H,1-2,5-8H2,(H2,14,16). The second-order valence-corrected chi connectivity index (χ2v) is 5.14. The highest BCUT2D eigenvalue weighted by molar-refractivity contribution is 5.95. The first-order chi connectivity index (χ1) is 9.28. The Balaban J connectivity index is 1.69. The summed E-state index contributed by atoms with van der Waals surface area (Å²) in [6.45, 7) is 4.28. The van der Waals surface area contributed by atoms with Crippen LogP contribution in [0.1, 0.15) is 18.5 Å². The fraction of sp³-hybridized carbons (Fsp3) is 0.538. The van der Waals surface area contributed by atoms with Crippen molar-refractivity contribution in [2.45, 2.75) is 18.9 Å². The quantitative estimate of drug-likeness (QED) is 0.358. The highest BCUT2D eigenvalue weighted by atomic mass is 16.4. The minimum absolute atomic E-state index is 0.0541. The molecule has 19 heavy (non-hydrogen) atoms. The Bertz CT molecular complexity index is 478. The molecule has 2 fully saturated rings. The topological polar surface area (TPSA) is 78.0 Å². The molecule has 1 aromatic heterocycles. The molecule has 0 aromatic carbocycles. The molecule has 3 N–H and O–H groups in total. The van der Waals surface area contributed by atoms with Crippen molar-refractivity contribution in [3.63, 3.8) is 0 Å². The number of hydrogen-bond donors (Lipinski definition) is 2. The number of oxime groups is 1. The molecule has 1 saturated heterocycles. The SMILES string of the molecule is NC(=NO)c1cc(N2CCN(C3CC3)CC2)ccn1. The lowest BCUT2D eigenvalue weighted by Gasteiger charge is -2.36. The third-order valence-corrected chi connectivity index (χ3v) is 3.86. The van der Waals surface area contributed by atoms with Crippen molar-refractivity contribution in [3.8, 4) is 0 Å². The molecule has 0 amide bonds. The van der Waals surface area contributed by atoms with Crippen molar-refractivity contribution >= 4 is 11.5 Å². The lowest BCUT2D eigenvalue weighted by molar-refractivity contribution is 0.248. The molecular formula is C13H19N5O. The van der Waals surface area contributed by atoms with Gasteiger partial charge < -0.3 is 15.8 Å². The normalized spacial score (nSPS) is 21.7. The van der Waals surface area contributed by atoms with Gasteiger partial charge in [-0.3, -0.25) is 9.88 Å². The first kappa shape index (κ1) is 12.2. The summed E-state index contributed by atoms with van der Waals surface area (Å²) in [6.07, 6.45) is 4.43. The minimum atomic E-state index is 0.0541. The average molecular weight is 261 g/mol. The van der Waals surface area contributed by atoms with Crippen LogP contribution in [0.3, 0.4) is 0 Å². The van der Waals surface area contributed by atoms with Gasteiger partial charge in [-0.15, -0.1) is 0 Å². The zero-order chi connectivity index (χ0) is 13.2. The van der Waals surface area contributed by atoms with Crippen LogP contribution in [0.4, 0.5) is 5.69 Å². The van der Waals surface area contributed by atoms with E-state index in [1.807, 2.05) is 12.1 Å². The van der Waals surface area contributed by atoms with Crippen LogP contribution in [0.15, 0.2) is 23.5 Å². The monoisotopic (exact) mass is 261 g/mol. The van der Waals surface area contributed by atoms with Gasteiger partial charge in [-0.25, -0.2) is 0 Å². The second-order valence-electron chi connectivity index (χ2n) is 5.14. The molecule has 1 aliphatic heterocycles. The van der Waals surface area contributed by atoms with Gasteiger partial charge in [0.2, 0.25) is 0 Å². The number of rotatable bonds is 3. The number of hydrogen-bond acceptors (Lipinski definition) is 5. The van der Waals surface area contributed by atoms with Crippen LogP contribution in [0.25, 0.3) is 0 Å². The highest BCUT2D eigenvalue weighted by Crippen LogP contribution is 2.28. The second kappa shape index (κ2) is 5.05. The predicted molar refractivity (Wildman–Crippen MR) is 73.6 cm³/mol. The van der Waals surface area contributed by atoms with E-state index in [0.717, 1.165) is 37.9 Å². The third kappa shape index (κ3) is 2.63. The molecule has 0 atom stereocenters. The molecule has 0 radical (unpaired) electrons. The van der Waals surface area contributed by atoms with E-state index >= 15 is 0 Å². The van der Waals surface area contributed by atoms with Gasteiger partial charge in [-0.05, 0) is 25.0 Å². The lowest BCUT2D eigenvalue weighted by atomic mass is 10.2. The maximum atomic E-state index is 8.69. The summed E-state index contributed by atoms with van der Waals surface area (Å²) in [4.78, 5) is 9.00. The van der Waals surface area contributed by atoms with E-state index in [0.29, 0.717) is 5.69 Å². The fourth-order valence-electron chi connectivity index (χ4n) is 2.59. The molecule has 0 spiro atoms. The van der Waals surface area contributed by atoms with E-state index in [2.05, 4.69) is 19.9 Å². The van der Waals surface area contributed by atoms with E-state index in [9.17, 15) is 0 Å². The Labute approximate surface area is 112 Å². The molecule has 2 heterocycles. The smallest absolute Gasteiger partial charge is 0.188 e. The Morgan fingerprint density at radius 3 is 2.68 bits per heavy atom. The van der Waals surface area contributed by atoms with Crippen LogP contribution >= 0.6 is 0 Å². The number of anilines is 1. The van der Waals surface area contributed by atoms with Gasteiger partial charge >= 0.3 is 0 Å². The predicted octanol–water partition coefficient (Wildman–Crippen LogP) is 0.460. The van der Waals surface area contributed by atoms with Crippen molar-refractivity contribution < 1.29 is 5.21 Å². The molecule has 1 aromatic rings. The molecule has 102 valence electrons. The van der Waals surface area contributed by atoms with Crippen LogP contribution in [0.2, 0.25) is 0 Å². The van der Waals surface area contributed by atoms with Gasteiger partial charge in [0.15, 0.2) is 5.84 Å². The first-order valence-corrected chi connectivity index (χ1v) is 6.71. The third-order valence-electron chi connectivity index (χ3n) is 3.86. The van der Waals surface area contributed by atoms with Crippen molar-refractivity contribution in [3.05, 3.63) is 24.0 Å². The van der Waals surface area contributed by atoms with Gasteiger partial charge in [0, 0.05) is 44.1 Å². The highest BCUT2D eigenvalue weighted by Gasteiger charge is 2.31. The average Bonchev–Trinajstić information content (AvgIpc) is 3.31. The Morgan fingerprint density at radius 2 is 2.05 bits per heavy atom. The Kier molecular flexibility index (Phi) is 3.25. The summed E-state index contributed by atoms with van der Waals surface area (Å²) in [5.41, 5.74) is 7.18. The van der Waals surface area contributed by atoms with Crippen LogP contribution in [-0.4, -0.2) is 53.1 Å². The van der Waals surface area contributed by atoms with Gasteiger partial charge in [-0.1, -0.05) is 5.16 Å². The first-order valence-electron chi connectivity index (χ1n) is 6.71. The van der Waals surface area contributed by atoms with E-state index in [1.54, 1.807) is 6.20 Å². The molecular weight excluding hydrogens is 242 g/mol. The maximum Gasteiger partial charge on any atom is 0.188 e. The Hall–Kier alpha value is -1.82. The van der Waals surface area contributed by atoms with Crippen molar-refractivity contribution in [1.29, 1.82) is 0 Å². The van der Waals surface area contributed by atoms with Crippen molar-refractivity contribution in [2.75, 3.05) is 31.1 Å². The zero-order valence-electron chi connectivity index (χ0n) is 10.9. The number of amidine groups is 1. The number of aromatic nitrogens is 1. The van der Waals surface area contributed by atoms with Crippen LogP contribution < -0.4 is 10.6 Å². The van der Waals surface area contributed by atoms with Crippen LogP contribution in [0, 0.1) is 0 Å². The van der Waals surface area contributed by atoms with Gasteiger partial charge in [0.1, 0.15) is 5.69 Å². The summed E-state index contributed by atoms with van der Waals surface area (Å²) >= 11 is 0. The fourth-order valence-corrected chi connectivity index (χ4v) is 2.59. The van der Waals surface area contributed by atoms with Gasteiger partial charge in [0.05, 0.1) is 0 Å². The molecule has 3 rings (SSSR count). The molecule has 0 unspecified atom stereocenters. The van der Waals surface area contributed by atoms with Crippen LogP contribution in [0.5, 0.6) is 0 Å². The maximum absolute atomic E-state index is 8.69. The summed E-state index contributed by atoms with van der Waals surface area (Å²) in [5, 5.41) is 11.7. The lowest BCUT2D eigenvalue weighted by Crippen LogP contribution is -2.47. The Morgan fingerprint density at radius 1 is 1.32 bits per heavy atom. The number of nitrogens with zero attached hydrogens (tertiary/aromatic N) is 4. The molecule has 1 saturated carbocycles. The summed E-state index contributed by atoms with van der Waals surface area (Å²) in [5.74, 6) is 0.0541. The van der Waals surface area contributed by atoms with E-state index in [1.165, 1.54) is 12.8 Å². The molecule has 2 aliphatic rings. The molecule has 6 heteroatoms. The van der Waals surface area contributed by atoms with E-state index in [-0.39, 0.29) is 5.84 Å². The zero-order valence-corrected chi connectivity index (χ0v) is 10.9. The largest absolute Gasteiger partial charge is 0.409 e. The number of pyridine rings is 1. The van der Waals surface area contributed by atoms with Crippen molar-refractivity contribution in [2.24, 2.45) is 10.9 Å². The summed E-state index contributed by atoms with van der Waals surface area (Å²) in [6, 6.07) is 4.69. The van der Waals surface area contributed by atoms with Gasteiger partial charge in [-0.2, -0.15) is 0 Å². The van der Waals surface area contributed by atoms with E-state index < -0.39 is 0 Å². The molecule has 1 aliphatic carbocycles.